The predicted octanol–water partition coefficient (Wildman–Crippen LogP) is 17.2. The van der Waals surface area contributed by atoms with Gasteiger partial charge in [0.2, 0.25) is 0 Å². The molecule has 1 unspecified atom stereocenters. The summed E-state index contributed by atoms with van der Waals surface area (Å²) < 4.78 is 9.86. The van der Waals surface area contributed by atoms with Gasteiger partial charge in [-0.05, 0) is 110 Å². The van der Waals surface area contributed by atoms with E-state index < -0.39 is 5.41 Å². The normalized spacial score (nSPS) is 16.5. The van der Waals surface area contributed by atoms with Gasteiger partial charge in [-0.1, -0.05) is 183 Å². The Balaban J connectivity index is 1.10. The second-order valence-corrected chi connectivity index (χ2v) is 18.9. The van der Waals surface area contributed by atoms with E-state index in [1.165, 1.54) is 125 Å². The molecule has 3 nitrogen and oxygen atoms in total. The number of furan rings is 1. The summed E-state index contributed by atoms with van der Waals surface area (Å²) in [7, 11) is 0. The van der Waals surface area contributed by atoms with E-state index in [-0.39, 0.29) is 0 Å². The van der Waals surface area contributed by atoms with Crippen molar-refractivity contribution < 1.29 is 4.42 Å². The van der Waals surface area contributed by atoms with Crippen LogP contribution in [0.1, 0.15) is 65.8 Å². The molecule has 0 amide bonds. The van der Waals surface area contributed by atoms with Crippen molar-refractivity contribution in [1.29, 1.82) is 0 Å². The number of aromatic nitrogens is 1. The molecule has 1 spiro atoms. The Morgan fingerprint density at radius 3 is 1.97 bits per heavy atom. The number of rotatable bonds is 4. The third-order valence-corrected chi connectivity index (χ3v) is 15.7. The summed E-state index contributed by atoms with van der Waals surface area (Å²) in [5.41, 5.74) is 17.5. The van der Waals surface area contributed by atoms with Gasteiger partial charge in [0, 0.05) is 32.6 Å². The lowest BCUT2D eigenvalue weighted by atomic mass is 9.65. The first-order valence-corrected chi connectivity index (χ1v) is 23.8. The monoisotopic (exact) mass is 844 g/mol. The zero-order valence-electron chi connectivity index (χ0n) is 36.5. The van der Waals surface area contributed by atoms with Crippen molar-refractivity contribution in [2.24, 2.45) is 0 Å². The summed E-state index contributed by atoms with van der Waals surface area (Å²) in [5, 5.41) is 9.88. The van der Waals surface area contributed by atoms with Gasteiger partial charge in [-0.25, -0.2) is 0 Å². The van der Waals surface area contributed by atoms with Gasteiger partial charge in [0.05, 0.1) is 33.5 Å². The molecule has 2 aliphatic carbocycles. The van der Waals surface area contributed by atoms with E-state index in [1.807, 2.05) is 0 Å². The summed E-state index contributed by atoms with van der Waals surface area (Å²) in [5.74, 6) is 0.521. The quantitative estimate of drug-likeness (QED) is 0.176. The SMILES string of the molecule is c1ccc(N(c2cc3c(c4ccccc24)-c2c(ccc4ccccc24)C32c3ccccc3-n3c4ccccc4c4cccc2c43)c2cccc3c2oc2c(C4CCCCC4)cccc23)cc1. The van der Waals surface area contributed by atoms with Crippen LogP contribution in [-0.4, -0.2) is 4.57 Å². The number of nitrogens with zero attached hydrogens (tertiary/aromatic N) is 2. The highest BCUT2D eigenvalue weighted by Gasteiger charge is 2.52. The van der Waals surface area contributed by atoms with Crippen molar-refractivity contribution in [3.63, 3.8) is 0 Å². The molecule has 12 aromatic rings. The zero-order valence-corrected chi connectivity index (χ0v) is 36.5. The van der Waals surface area contributed by atoms with E-state index in [2.05, 4.69) is 210 Å². The van der Waals surface area contributed by atoms with Crippen LogP contribution in [0.25, 0.3) is 82.1 Å². The first-order valence-electron chi connectivity index (χ1n) is 23.8. The van der Waals surface area contributed by atoms with Crippen LogP contribution in [0.4, 0.5) is 17.1 Å². The number of benzene rings is 10. The molecule has 15 rings (SSSR count). The molecule has 10 aromatic carbocycles. The van der Waals surface area contributed by atoms with E-state index in [0.717, 1.165) is 33.6 Å². The Morgan fingerprint density at radius 2 is 1.09 bits per heavy atom. The second kappa shape index (κ2) is 13.6. The smallest absolute Gasteiger partial charge is 0.159 e. The molecule has 3 heteroatoms. The fraction of sp³-hybridized carbons (Fsp3) is 0.111. The van der Waals surface area contributed by atoms with Crippen molar-refractivity contribution in [3.8, 4) is 16.8 Å². The molecule has 0 bridgehead atoms. The summed E-state index contributed by atoms with van der Waals surface area (Å²) >= 11 is 0. The summed E-state index contributed by atoms with van der Waals surface area (Å²) in [6.07, 6.45) is 6.32. The molecule has 0 radical (unpaired) electrons. The Hall–Kier alpha value is -7.88. The lowest BCUT2D eigenvalue weighted by Gasteiger charge is -2.40. The van der Waals surface area contributed by atoms with Crippen LogP contribution in [0, 0.1) is 0 Å². The molecule has 2 aromatic heterocycles. The first kappa shape index (κ1) is 36.5. The van der Waals surface area contributed by atoms with Crippen LogP contribution in [0.2, 0.25) is 0 Å². The molecule has 1 atom stereocenters. The highest BCUT2D eigenvalue weighted by molar-refractivity contribution is 6.19. The molecule has 66 heavy (non-hydrogen) atoms. The molecule has 1 aliphatic heterocycles. The van der Waals surface area contributed by atoms with E-state index in [0.29, 0.717) is 5.92 Å². The molecular formula is C63H44N2O. The first-order chi connectivity index (χ1) is 32.8. The average molecular weight is 845 g/mol. The molecule has 1 saturated carbocycles. The Labute approximate surface area is 382 Å². The van der Waals surface area contributed by atoms with Crippen molar-refractivity contribution in [2.75, 3.05) is 4.90 Å². The maximum absolute atomic E-state index is 7.31. The second-order valence-electron chi connectivity index (χ2n) is 18.9. The van der Waals surface area contributed by atoms with Gasteiger partial charge in [-0.15, -0.1) is 0 Å². The van der Waals surface area contributed by atoms with Crippen molar-refractivity contribution >= 4 is 82.4 Å². The van der Waals surface area contributed by atoms with E-state index in [1.54, 1.807) is 0 Å². The number of fused-ring (bicyclic) bond motifs is 19. The lowest BCUT2D eigenvalue weighted by Crippen LogP contribution is -2.33. The summed E-state index contributed by atoms with van der Waals surface area (Å²) in [4.78, 5) is 2.49. The Kier molecular flexibility index (Phi) is 7.50. The fourth-order valence-corrected chi connectivity index (χ4v) is 13.1. The average Bonchev–Trinajstić information content (AvgIpc) is 4.04. The topological polar surface area (TPSA) is 21.3 Å². The van der Waals surface area contributed by atoms with Gasteiger partial charge >= 0.3 is 0 Å². The van der Waals surface area contributed by atoms with Crippen LogP contribution in [0.5, 0.6) is 0 Å². The lowest BCUT2D eigenvalue weighted by molar-refractivity contribution is 0.442. The van der Waals surface area contributed by atoms with Gasteiger partial charge in [0.25, 0.3) is 0 Å². The maximum atomic E-state index is 7.31. The minimum atomic E-state index is -0.642. The summed E-state index contributed by atoms with van der Waals surface area (Å²) in [6, 6.07) is 75.3. The third-order valence-electron chi connectivity index (χ3n) is 15.7. The molecule has 1 fully saturated rings. The van der Waals surface area contributed by atoms with Gasteiger partial charge in [0.15, 0.2) is 5.58 Å². The highest BCUT2D eigenvalue weighted by Crippen LogP contribution is 2.64. The molecule has 0 saturated heterocycles. The number of para-hydroxylation sites is 6. The Morgan fingerprint density at radius 1 is 0.439 bits per heavy atom. The third kappa shape index (κ3) is 4.67. The highest BCUT2D eigenvalue weighted by atomic mass is 16.3. The molecule has 0 N–H and O–H groups in total. The van der Waals surface area contributed by atoms with E-state index in [9.17, 15) is 0 Å². The van der Waals surface area contributed by atoms with Crippen LogP contribution in [0.15, 0.2) is 205 Å². The van der Waals surface area contributed by atoms with Gasteiger partial charge in [-0.2, -0.15) is 0 Å². The van der Waals surface area contributed by atoms with Gasteiger partial charge in [0.1, 0.15) is 5.58 Å². The Bertz CT molecular complexity index is 4000. The van der Waals surface area contributed by atoms with Crippen molar-refractivity contribution in [2.45, 2.75) is 43.4 Å². The van der Waals surface area contributed by atoms with Crippen molar-refractivity contribution in [3.05, 3.63) is 228 Å². The summed E-state index contributed by atoms with van der Waals surface area (Å²) in [6.45, 7) is 0. The number of hydrogen-bond donors (Lipinski definition) is 0. The predicted molar refractivity (Wildman–Crippen MR) is 274 cm³/mol. The largest absolute Gasteiger partial charge is 0.454 e. The molecule has 312 valence electrons. The van der Waals surface area contributed by atoms with Gasteiger partial charge in [-0.3, -0.25) is 0 Å². The van der Waals surface area contributed by atoms with Crippen LogP contribution in [-0.2, 0) is 5.41 Å². The van der Waals surface area contributed by atoms with E-state index >= 15 is 0 Å². The van der Waals surface area contributed by atoms with E-state index in [4.69, 9.17) is 4.42 Å². The number of anilines is 3. The van der Waals surface area contributed by atoms with Crippen LogP contribution < -0.4 is 4.90 Å². The van der Waals surface area contributed by atoms with Gasteiger partial charge < -0.3 is 13.9 Å². The maximum Gasteiger partial charge on any atom is 0.159 e. The minimum Gasteiger partial charge on any atom is -0.454 e. The molecule has 3 heterocycles. The minimum absolute atomic E-state index is 0.521. The molecule has 3 aliphatic rings. The fourth-order valence-electron chi connectivity index (χ4n) is 13.1. The standard InChI is InChI=1S/C63H44N2O/c1-3-18-39(19-4-1)43-27-15-29-48-49-30-17-35-56(62(49)66-61(43)48)64(41-21-5-2-6-22-41)57-38-53-59(46-26-10-9-24-44(46)57)58-42-23-8-7-20-40(42)36-37-51(58)63(53)50-31-12-14-34-55(50)65-54-33-13-11-25-45(54)47-28-16-32-52(63)60(47)65/h2,5-17,20-39H,1,3-4,18-19H2. The zero-order chi connectivity index (χ0) is 43.1. The van der Waals surface area contributed by atoms with Crippen molar-refractivity contribution in [1.82, 2.24) is 4.57 Å². The van der Waals surface area contributed by atoms with Crippen LogP contribution in [0.3, 0.4) is 0 Å². The van der Waals surface area contributed by atoms with Crippen LogP contribution >= 0.6 is 0 Å². The molecular weight excluding hydrogens is 801 g/mol. The number of hydrogen-bond acceptors (Lipinski definition) is 2.